The van der Waals surface area contributed by atoms with Crippen molar-refractivity contribution in [1.29, 1.82) is 0 Å². The van der Waals surface area contributed by atoms with E-state index in [-0.39, 0.29) is 16.8 Å². The molecule has 0 bridgehead atoms. The van der Waals surface area contributed by atoms with Crippen LogP contribution in [0.15, 0.2) is 53.4 Å². The Morgan fingerprint density at radius 2 is 1.73 bits per heavy atom. The molecule has 0 aromatic heterocycles. The van der Waals surface area contributed by atoms with E-state index in [9.17, 15) is 12.8 Å². The molecule has 1 atom stereocenters. The van der Waals surface area contributed by atoms with Crippen molar-refractivity contribution in [2.45, 2.75) is 17.9 Å². The molecule has 5 nitrogen and oxygen atoms in total. The standard InChI is InChI=1S/C19H23FN2O3S/c1-3-25-17-8-10-18(11-9-17)26(23,24)22-13-12-21(2)19(14-22)15-4-6-16(20)7-5-15/h4-11,19H,3,12-14H2,1-2H3. The largest absolute Gasteiger partial charge is 0.494 e. The second kappa shape index (κ2) is 7.73. The predicted molar refractivity (Wildman–Crippen MR) is 98.1 cm³/mol. The first-order valence-electron chi connectivity index (χ1n) is 8.60. The molecule has 1 heterocycles. The summed E-state index contributed by atoms with van der Waals surface area (Å²) in [6.45, 7) is 3.77. The molecule has 0 aliphatic carbocycles. The maximum absolute atomic E-state index is 13.2. The van der Waals surface area contributed by atoms with Crippen molar-refractivity contribution in [3.8, 4) is 5.75 Å². The Hall–Kier alpha value is -1.96. The van der Waals surface area contributed by atoms with Crippen LogP contribution in [-0.4, -0.2) is 50.9 Å². The number of benzene rings is 2. The number of halogens is 1. The van der Waals surface area contributed by atoms with Gasteiger partial charge in [-0.1, -0.05) is 12.1 Å². The van der Waals surface area contributed by atoms with Crippen molar-refractivity contribution < 1.29 is 17.5 Å². The quantitative estimate of drug-likeness (QED) is 0.803. The molecular formula is C19H23FN2O3S. The molecule has 0 radical (unpaired) electrons. The van der Waals surface area contributed by atoms with Crippen molar-refractivity contribution >= 4 is 10.0 Å². The first-order chi connectivity index (χ1) is 12.4. The van der Waals surface area contributed by atoms with E-state index in [1.54, 1.807) is 36.4 Å². The Kier molecular flexibility index (Phi) is 5.60. The third-order valence-corrected chi connectivity index (χ3v) is 6.52. The van der Waals surface area contributed by atoms with E-state index in [1.807, 2.05) is 14.0 Å². The van der Waals surface area contributed by atoms with Gasteiger partial charge in [-0.3, -0.25) is 4.90 Å². The molecule has 2 aromatic rings. The number of ether oxygens (including phenoxy) is 1. The Bertz CT molecular complexity index is 838. The summed E-state index contributed by atoms with van der Waals surface area (Å²) in [5.74, 6) is 0.347. The second-order valence-corrected chi connectivity index (χ2v) is 8.25. The summed E-state index contributed by atoms with van der Waals surface area (Å²) in [5.41, 5.74) is 0.903. The van der Waals surface area contributed by atoms with Gasteiger partial charge in [-0.15, -0.1) is 0 Å². The molecule has 1 fully saturated rings. The van der Waals surface area contributed by atoms with E-state index < -0.39 is 10.0 Å². The maximum Gasteiger partial charge on any atom is 0.243 e. The number of rotatable bonds is 5. The molecule has 1 unspecified atom stereocenters. The molecule has 7 heteroatoms. The maximum atomic E-state index is 13.2. The first-order valence-corrected chi connectivity index (χ1v) is 10.0. The summed E-state index contributed by atoms with van der Waals surface area (Å²) < 4.78 is 46.1. The van der Waals surface area contributed by atoms with Gasteiger partial charge in [0.25, 0.3) is 0 Å². The fourth-order valence-corrected chi connectivity index (χ4v) is 4.57. The van der Waals surface area contributed by atoms with E-state index in [2.05, 4.69) is 4.90 Å². The van der Waals surface area contributed by atoms with E-state index in [1.165, 1.54) is 16.4 Å². The number of hydrogen-bond donors (Lipinski definition) is 0. The minimum Gasteiger partial charge on any atom is -0.494 e. The summed E-state index contributed by atoms with van der Waals surface area (Å²) in [6.07, 6.45) is 0. The van der Waals surface area contributed by atoms with Crippen LogP contribution in [0.4, 0.5) is 4.39 Å². The minimum atomic E-state index is -3.59. The second-order valence-electron chi connectivity index (χ2n) is 6.32. The molecule has 2 aromatic carbocycles. The summed E-state index contributed by atoms with van der Waals surface area (Å²) in [6, 6.07) is 12.6. The lowest BCUT2D eigenvalue weighted by atomic mass is 10.0. The number of sulfonamides is 1. The van der Waals surface area contributed by atoms with E-state index >= 15 is 0 Å². The zero-order chi connectivity index (χ0) is 18.7. The Morgan fingerprint density at radius 1 is 1.08 bits per heavy atom. The molecule has 3 rings (SSSR count). The topological polar surface area (TPSA) is 49.9 Å². The van der Waals surface area contributed by atoms with Crippen LogP contribution in [0.1, 0.15) is 18.5 Å². The van der Waals surface area contributed by atoms with E-state index in [4.69, 9.17) is 4.74 Å². The third-order valence-electron chi connectivity index (χ3n) is 4.64. The van der Waals surface area contributed by atoms with Crippen molar-refractivity contribution in [3.05, 3.63) is 59.9 Å². The van der Waals surface area contributed by atoms with Crippen LogP contribution < -0.4 is 4.74 Å². The smallest absolute Gasteiger partial charge is 0.243 e. The van der Waals surface area contributed by atoms with Crippen LogP contribution in [0.25, 0.3) is 0 Å². The van der Waals surface area contributed by atoms with Crippen molar-refractivity contribution in [2.24, 2.45) is 0 Å². The molecule has 0 N–H and O–H groups in total. The summed E-state index contributed by atoms with van der Waals surface area (Å²) >= 11 is 0. The predicted octanol–water partition coefficient (Wildman–Crippen LogP) is 2.90. The van der Waals surface area contributed by atoms with Gasteiger partial charge in [0.05, 0.1) is 11.5 Å². The minimum absolute atomic E-state index is 0.109. The third kappa shape index (κ3) is 3.90. The fourth-order valence-electron chi connectivity index (χ4n) is 3.14. The molecule has 0 saturated carbocycles. The molecule has 1 aliphatic rings. The van der Waals surface area contributed by atoms with Gasteiger partial charge < -0.3 is 4.74 Å². The Balaban J connectivity index is 1.82. The lowest BCUT2D eigenvalue weighted by molar-refractivity contribution is 0.148. The Morgan fingerprint density at radius 3 is 2.35 bits per heavy atom. The van der Waals surface area contributed by atoms with Crippen LogP contribution in [0, 0.1) is 5.82 Å². The molecule has 140 valence electrons. The Labute approximate surface area is 154 Å². The zero-order valence-electron chi connectivity index (χ0n) is 14.9. The van der Waals surface area contributed by atoms with Gasteiger partial charge in [-0.2, -0.15) is 4.31 Å². The average molecular weight is 378 g/mol. The number of hydrogen-bond acceptors (Lipinski definition) is 4. The highest BCUT2D eigenvalue weighted by atomic mass is 32.2. The van der Waals surface area contributed by atoms with Crippen LogP contribution in [-0.2, 0) is 10.0 Å². The van der Waals surface area contributed by atoms with Crippen LogP contribution in [0.3, 0.4) is 0 Å². The normalized spacial score (nSPS) is 19.4. The van der Waals surface area contributed by atoms with E-state index in [0.29, 0.717) is 32.0 Å². The molecule has 0 spiro atoms. The van der Waals surface area contributed by atoms with Crippen LogP contribution in [0.2, 0.25) is 0 Å². The highest BCUT2D eigenvalue weighted by molar-refractivity contribution is 7.89. The van der Waals surface area contributed by atoms with Gasteiger partial charge in [-0.25, -0.2) is 12.8 Å². The average Bonchev–Trinajstić information content (AvgIpc) is 2.63. The monoisotopic (exact) mass is 378 g/mol. The van der Waals surface area contributed by atoms with Crippen molar-refractivity contribution in [2.75, 3.05) is 33.3 Å². The fraction of sp³-hybridized carbons (Fsp3) is 0.368. The van der Waals surface area contributed by atoms with Crippen molar-refractivity contribution in [3.63, 3.8) is 0 Å². The molecule has 1 saturated heterocycles. The van der Waals surface area contributed by atoms with Gasteiger partial charge >= 0.3 is 0 Å². The van der Waals surface area contributed by atoms with E-state index in [0.717, 1.165) is 5.56 Å². The molecule has 26 heavy (non-hydrogen) atoms. The molecule has 0 amide bonds. The van der Waals surface area contributed by atoms with Crippen molar-refractivity contribution in [1.82, 2.24) is 9.21 Å². The van der Waals surface area contributed by atoms with Crippen LogP contribution in [0.5, 0.6) is 5.75 Å². The van der Waals surface area contributed by atoms with Gasteiger partial charge in [-0.05, 0) is 55.9 Å². The summed E-state index contributed by atoms with van der Waals surface area (Å²) in [4.78, 5) is 2.35. The first kappa shape index (κ1) is 18.8. The number of nitrogens with zero attached hydrogens (tertiary/aromatic N) is 2. The zero-order valence-corrected chi connectivity index (χ0v) is 15.7. The van der Waals surface area contributed by atoms with Crippen LogP contribution >= 0.6 is 0 Å². The van der Waals surface area contributed by atoms with Gasteiger partial charge in [0.1, 0.15) is 11.6 Å². The molecular weight excluding hydrogens is 355 g/mol. The molecule has 1 aliphatic heterocycles. The van der Waals surface area contributed by atoms with Gasteiger partial charge in [0.15, 0.2) is 0 Å². The number of piperazine rings is 1. The lowest BCUT2D eigenvalue weighted by Gasteiger charge is -2.39. The van der Waals surface area contributed by atoms with Gasteiger partial charge in [0, 0.05) is 25.7 Å². The lowest BCUT2D eigenvalue weighted by Crippen LogP contribution is -2.48. The summed E-state index contributed by atoms with van der Waals surface area (Å²) in [5, 5.41) is 0. The van der Waals surface area contributed by atoms with Gasteiger partial charge in [0.2, 0.25) is 10.0 Å². The number of likely N-dealkylation sites (N-methyl/N-ethyl adjacent to an activating group) is 1. The SMILES string of the molecule is CCOc1ccc(S(=O)(=O)N2CCN(C)C(c3ccc(F)cc3)C2)cc1. The highest BCUT2D eigenvalue weighted by Gasteiger charge is 2.33. The highest BCUT2D eigenvalue weighted by Crippen LogP contribution is 2.28. The summed E-state index contributed by atoms with van der Waals surface area (Å²) in [7, 11) is -1.64.